The Kier molecular flexibility index (Phi) is 7.09. The first-order chi connectivity index (χ1) is 14.8. The van der Waals surface area contributed by atoms with Crippen LogP contribution in [0.25, 0.3) is 5.57 Å². The standard InChI is InChI=1S/C23H22N2O6.Na.H/c1-12(26)19-18-11-17(20(23(29)30)25(18)22(19)28)13-4-3-5-14(10-13)21(27)24-15-6-8-16(31-2)9-7-15;;/h3-10,12,18-19,26H,11H2,1-2H3,(H,24,27)(H,29,30);;/q;+1;-1/t12-,18-,19-;;/m1../s1. The van der Waals surface area contributed by atoms with Crippen molar-refractivity contribution in [2.75, 3.05) is 12.4 Å². The maximum atomic E-state index is 12.7. The summed E-state index contributed by atoms with van der Waals surface area (Å²) in [7, 11) is 1.56. The van der Waals surface area contributed by atoms with Gasteiger partial charge in [-0.25, -0.2) is 4.79 Å². The molecular weight excluding hydrogens is 423 g/mol. The van der Waals surface area contributed by atoms with Crippen LogP contribution in [0.1, 0.15) is 30.7 Å². The van der Waals surface area contributed by atoms with Gasteiger partial charge in [0.05, 0.1) is 25.2 Å². The van der Waals surface area contributed by atoms with Gasteiger partial charge in [0.25, 0.3) is 5.91 Å². The van der Waals surface area contributed by atoms with Gasteiger partial charge in [-0.05, 0) is 60.9 Å². The Hall–Kier alpha value is -2.65. The van der Waals surface area contributed by atoms with E-state index < -0.39 is 18.0 Å². The molecule has 32 heavy (non-hydrogen) atoms. The van der Waals surface area contributed by atoms with E-state index in [1.807, 2.05) is 0 Å². The number of anilines is 1. The number of nitrogens with one attached hydrogen (secondary N) is 1. The molecule has 2 aromatic carbocycles. The molecule has 2 aliphatic rings. The zero-order chi connectivity index (χ0) is 22.3. The van der Waals surface area contributed by atoms with Crippen LogP contribution in [-0.2, 0) is 9.59 Å². The molecule has 2 aromatic rings. The monoisotopic (exact) mass is 446 g/mol. The van der Waals surface area contributed by atoms with Crippen molar-refractivity contribution >= 4 is 29.0 Å². The maximum Gasteiger partial charge on any atom is 1.00 e. The summed E-state index contributed by atoms with van der Waals surface area (Å²) in [5, 5.41) is 22.4. The van der Waals surface area contributed by atoms with Crippen LogP contribution in [0, 0.1) is 5.92 Å². The Bertz CT molecular complexity index is 1100. The third-order valence-electron chi connectivity index (χ3n) is 5.75. The van der Waals surface area contributed by atoms with Crippen molar-refractivity contribution in [1.29, 1.82) is 0 Å². The molecule has 0 bridgehead atoms. The number of rotatable bonds is 6. The number of carbonyl (C=O) groups excluding carboxylic acids is 2. The van der Waals surface area contributed by atoms with Crippen LogP contribution in [0.15, 0.2) is 54.2 Å². The average Bonchev–Trinajstić information content (AvgIpc) is 3.09. The van der Waals surface area contributed by atoms with Gasteiger partial charge in [0.2, 0.25) is 5.91 Å². The quantitative estimate of drug-likeness (QED) is 0.406. The number of benzene rings is 2. The number of hydrogen-bond acceptors (Lipinski definition) is 5. The molecule has 3 N–H and O–H groups in total. The van der Waals surface area contributed by atoms with Crippen LogP contribution >= 0.6 is 0 Å². The molecule has 1 saturated heterocycles. The molecule has 0 unspecified atom stereocenters. The van der Waals surface area contributed by atoms with E-state index in [1.165, 1.54) is 11.8 Å². The van der Waals surface area contributed by atoms with Gasteiger partial charge in [-0.1, -0.05) is 12.1 Å². The van der Waals surface area contributed by atoms with Crippen molar-refractivity contribution in [3.05, 3.63) is 65.4 Å². The first-order valence-corrected chi connectivity index (χ1v) is 9.85. The fourth-order valence-electron chi connectivity index (χ4n) is 4.25. The van der Waals surface area contributed by atoms with Crippen molar-refractivity contribution in [2.45, 2.75) is 25.5 Å². The molecule has 2 aliphatic heterocycles. The molecule has 0 saturated carbocycles. The summed E-state index contributed by atoms with van der Waals surface area (Å²) in [6.07, 6.45) is -0.545. The number of aliphatic hydroxyl groups excluding tert-OH is 1. The smallest absolute Gasteiger partial charge is 1.00 e. The topological polar surface area (TPSA) is 116 Å². The van der Waals surface area contributed by atoms with E-state index >= 15 is 0 Å². The fourth-order valence-corrected chi connectivity index (χ4v) is 4.25. The molecule has 2 heterocycles. The SMILES string of the molecule is COc1ccc(NC(=O)c2cccc(C3=C(C(=O)O)N4C(=O)[C@H]([C@@H](C)O)[C@H]4C3)c2)cc1.[H-].[Na+]. The molecule has 162 valence electrons. The van der Waals surface area contributed by atoms with E-state index in [4.69, 9.17) is 4.74 Å². The van der Waals surface area contributed by atoms with Gasteiger partial charge in [0.15, 0.2) is 0 Å². The van der Waals surface area contributed by atoms with Gasteiger partial charge < -0.3 is 26.6 Å². The molecule has 0 spiro atoms. The summed E-state index contributed by atoms with van der Waals surface area (Å²) < 4.78 is 5.10. The zero-order valence-corrected chi connectivity index (χ0v) is 20.0. The fraction of sp³-hybridized carbons (Fsp3) is 0.261. The normalized spacial score (nSPS) is 20.1. The molecule has 2 amide bonds. The average molecular weight is 446 g/mol. The second kappa shape index (κ2) is 9.46. The first kappa shape index (κ1) is 24.0. The van der Waals surface area contributed by atoms with Gasteiger partial charge >= 0.3 is 35.5 Å². The van der Waals surface area contributed by atoms with E-state index in [0.29, 0.717) is 34.6 Å². The van der Waals surface area contributed by atoms with Gasteiger partial charge in [0, 0.05) is 11.3 Å². The van der Waals surface area contributed by atoms with Crippen molar-refractivity contribution in [1.82, 2.24) is 4.90 Å². The molecule has 3 atom stereocenters. The van der Waals surface area contributed by atoms with Gasteiger partial charge in [0.1, 0.15) is 11.4 Å². The Morgan fingerprint density at radius 3 is 2.50 bits per heavy atom. The van der Waals surface area contributed by atoms with E-state index in [1.54, 1.807) is 55.6 Å². The van der Waals surface area contributed by atoms with Crippen molar-refractivity contribution in [3.8, 4) is 5.75 Å². The van der Waals surface area contributed by atoms with Gasteiger partial charge in [-0.15, -0.1) is 0 Å². The molecule has 1 fully saturated rings. The van der Waals surface area contributed by atoms with Gasteiger partial charge in [-0.3, -0.25) is 9.59 Å². The number of carbonyl (C=O) groups is 3. The Morgan fingerprint density at radius 2 is 1.91 bits per heavy atom. The zero-order valence-electron chi connectivity index (χ0n) is 19.0. The molecular formula is C23H23N2NaO6. The van der Waals surface area contributed by atoms with Gasteiger partial charge in [-0.2, -0.15) is 0 Å². The molecule has 4 rings (SSSR count). The molecule has 0 aromatic heterocycles. The number of aliphatic hydroxyl groups is 1. The number of carboxylic acids is 1. The van der Waals surface area contributed by atoms with Crippen molar-refractivity contribution < 1.29 is 60.3 Å². The van der Waals surface area contributed by atoms with E-state index in [-0.39, 0.29) is 54.5 Å². The summed E-state index contributed by atoms with van der Waals surface area (Å²) in [6.45, 7) is 1.53. The van der Waals surface area contributed by atoms with Crippen LogP contribution in [-0.4, -0.2) is 52.2 Å². The van der Waals surface area contributed by atoms with E-state index in [9.17, 15) is 24.6 Å². The van der Waals surface area contributed by atoms with E-state index in [0.717, 1.165) is 0 Å². The van der Waals surface area contributed by atoms with Crippen LogP contribution in [0.3, 0.4) is 0 Å². The van der Waals surface area contributed by atoms with Crippen LogP contribution in [0.2, 0.25) is 0 Å². The number of methoxy groups -OCH3 is 1. The third kappa shape index (κ3) is 4.19. The number of carboxylic acid groups (broad SMARTS) is 1. The van der Waals surface area contributed by atoms with Crippen molar-refractivity contribution in [2.24, 2.45) is 5.92 Å². The number of ether oxygens (including phenoxy) is 1. The van der Waals surface area contributed by atoms with E-state index in [2.05, 4.69) is 5.32 Å². The Morgan fingerprint density at radius 1 is 1.22 bits per heavy atom. The largest absolute Gasteiger partial charge is 1.00 e. The second-order valence-corrected chi connectivity index (χ2v) is 7.64. The summed E-state index contributed by atoms with van der Waals surface area (Å²) in [6, 6.07) is 13.2. The molecule has 8 nitrogen and oxygen atoms in total. The minimum atomic E-state index is -1.21. The summed E-state index contributed by atoms with van der Waals surface area (Å²) in [5.74, 6) is -1.88. The predicted molar refractivity (Wildman–Crippen MR) is 113 cm³/mol. The summed E-state index contributed by atoms with van der Waals surface area (Å²) in [5.41, 5.74) is 1.91. The minimum absolute atomic E-state index is 0. The van der Waals surface area contributed by atoms with Crippen LogP contribution < -0.4 is 39.6 Å². The molecule has 0 aliphatic carbocycles. The maximum absolute atomic E-state index is 12.7. The van der Waals surface area contributed by atoms with Crippen LogP contribution in [0.4, 0.5) is 5.69 Å². The first-order valence-electron chi connectivity index (χ1n) is 9.85. The minimum Gasteiger partial charge on any atom is -1.00 e. The van der Waals surface area contributed by atoms with Crippen LogP contribution in [0.5, 0.6) is 5.75 Å². The molecule has 0 radical (unpaired) electrons. The number of β-lactam (4-membered cyclic amide) rings is 1. The summed E-state index contributed by atoms with van der Waals surface area (Å²) >= 11 is 0. The second-order valence-electron chi connectivity index (χ2n) is 7.64. The number of amides is 2. The number of nitrogens with zero attached hydrogens (tertiary/aromatic N) is 1. The Balaban J connectivity index is 0.00000193. The number of aliphatic carboxylic acids is 1. The third-order valence-corrected chi connectivity index (χ3v) is 5.75. The predicted octanol–water partition coefficient (Wildman–Crippen LogP) is -0.529. The van der Waals surface area contributed by atoms with Crippen molar-refractivity contribution in [3.63, 3.8) is 0 Å². The molecule has 9 heteroatoms. The Labute approximate surface area is 208 Å². The number of hydrogen-bond donors (Lipinski definition) is 3. The summed E-state index contributed by atoms with van der Waals surface area (Å²) in [4.78, 5) is 38.3. The number of fused-ring (bicyclic) bond motifs is 1.